The van der Waals surface area contributed by atoms with E-state index < -0.39 is 11.9 Å². The van der Waals surface area contributed by atoms with Crippen LogP contribution >= 0.6 is 27.5 Å². The zero-order chi connectivity index (χ0) is 22.4. The number of benzene rings is 2. The number of aliphatic carboxylic acids is 1. The number of hydrogen-bond acceptors (Lipinski definition) is 5. The normalized spacial score (nSPS) is 11.1. The number of hydrogen-bond donors (Lipinski definition) is 2. The summed E-state index contributed by atoms with van der Waals surface area (Å²) in [4.78, 5) is 23.8. The Morgan fingerprint density at radius 1 is 1.13 bits per heavy atom. The lowest BCUT2D eigenvalue weighted by Gasteiger charge is -2.12. The van der Waals surface area contributed by atoms with Gasteiger partial charge in [0, 0.05) is 5.02 Å². The summed E-state index contributed by atoms with van der Waals surface area (Å²) in [5.41, 5.74) is 1.81. The predicted molar refractivity (Wildman–Crippen MR) is 117 cm³/mol. The number of carbonyl (C=O) groups is 2. The molecule has 0 atom stereocenters. The van der Waals surface area contributed by atoms with Crippen LogP contribution < -0.4 is 19.5 Å². The number of carboxylic acid groups (broad SMARTS) is 1. The molecule has 0 unspecified atom stereocenters. The third kappa shape index (κ3) is 5.90. The third-order valence-corrected chi connectivity index (χ3v) is 5.24. The summed E-state index contributed by atoms with van der Waals surface area (Å²) in [6.07, 6.45) is 1.31. The second-order valence-electron chi connectivity index (χ2n) is 6.31. The van der Waals surface area contributed by atoms with Crippen molar-refractivity contribution in [3.8, 4) is 17.2 Å². The molecule has 30 heavy (non-hydrogen) atoms. The van der Waals surface area contributed by atoms with Crippen molar-refractivity contribution in [2.24, 2.45) is 0 Å². The molecule has 0 aliphatic heterocycles. The van der Waals surface area contributed by atoms with Crippen LogP contribution in [0.3, 0.4) is 0 Å². The molecular formula is C21H21BrClNO6. The number of carbonyl (C=O) groups excluding carboxylic acids is 1. The number of halogens is 2. The molecule has 0 saturated heterocycles. The fraction of sp³-hybridized carbons (Fsp3) is 0.238. The van der Waals surface area contributed by atoms with Gasteiger partial charge in [0.2, 0.25) is 0 Å². The van der Waals surface area contributed by atoms with Crippen LogP contribution in [0.15, 0.2) is 34.4 Å². The van der Waals surface area contributed by atoms with Gasteiger partial charge >= 0.3 is 5.97 Å². The molecule has 1 amide bonds. The Morgan fingerprint density at radius 3 is 2.30 bits per heavy atom. The van der Waals surface area contributed by atoms with Crippen LogP contribution in [-0.2, 0) is 9.59 Å². The minimum absolute atomic E-state index is 0.314. The Labute approximate surface area is 187 Å². The Balaban J connectivity index is 2.16. The first kappa shape index (κ1) is 23.6. The van der Waals surface area contributed by atoms with Gasteiger partial charge in [0.15, 0.2) is 18.1 Å². The van der Waals surface area contributed by atoms with E-state index in [9.17, 15) is 14.7 Å². The van der Waals surface area contributed by atoms with Crippen molar-refractivity contribution in [2.75, 3.05) is 20.8 Å². The van der Waals surface area contributed by atoms with Crippen LogP contribution in [-0.4, -0.2) is 37.8 Å². The van der Waals surface area contributed by atoms with Crippen molar-refractivity contribution in [3.05, 3.63) is 56.1 Å². The second kappa shape index (κ2) is 10.4. The van der Waals surface area contributed by atoms with Gasteiger partial charge in [-0.2, -0.15) is 0 Å². The van der Waals surface area contributed by atoms with Gasteiger partial charge in [0.05, 0.1) is 18.7 Å². The van der Waals surface area contributed by atoms with Gasteiger partial charge in [-0.05, 0) is 76.8 Å². The molecule has 2 aromatic carbocycles. The van der Waals surface area contributed by atoms with E-state index in [-0.39, 0.29) is 12.3 Å². The Bertz CT molecular complexity index is 982. The molecule has 2 aromatic rings. The second-order valence-corrected chi connectivity index (χ2v) is 7.54. The monoisotopic (exact) mass is 497 g/mol. The van der Waals surface area contributed by atoms with E-state index in [0.717, 1.165) is 11.1 Å². The quantitative estimate of drug-likeness (QED) is 0.525. The lowest BCUT2D eigenvalue weighted by molar-refractivity contribution is -0.134. The fourth-order valence-electron chi connectivity index (χ4n) is 2.66. The van der Waals surface area contributed by atoms with Crippen LogP contribution in [0.5, 0.6) is 17.2 Å². The maximum atomic E-state index is 12.2. The van der Waals surface area contributed by atoms with E-state index in [0.29, 0.717) is 32.3 Å². The van der Waals surface area contributed by atoms with Crippen LogP contribution in [0.4, 0.5) is 0 Å². The van der Waals surface area contributed by atoms with Crippen molar-refractivity contribution >= 4 is 45.5 Å². The SMILES string of the molecule is COc1cc(/C=C(/NC(=O)COc2cc(C)c(Cl)c(C)c2)C(=O)O)cc(Br)c1OC. The van der Waals surface area contributed by atoms with Gasteiger partial charge in [0.1, 0.15) is 11.4 Å². The standard InChI is InChI=1S/C21H21BrClNO6/c1-11-5-14(6-12(2)19(11)23)30-10-18(25)24-16(21(26)27)8-13-7-15(22)20(29-4)17(9-13)28-3/h5-9H,10H2,1-4H3,(H,24,25)(H,26,27)/b16-8+. The first-order valence-corrected chi connectivity index (χ1v) is 9.89. The molecule has 9 heteroatoms. The lowest BCUT2D eigenvalue weighted by Crippen LogP contribution is -2.31. The number of rotatable bonds is 8. The van der Waals surface area contributed by atoms with Crippen LogP contribution in [0.2, 0.25) is 5.02 Å². The highest BCUT2D eigenvalue weighted by Crippen LogP contribution is 2.36. The van der Waals surface area contributed by atoms with Crippen molar-refractivity contribution in [1.82, 2.24) is 5.32 Å². The van der Waals surface area contributed by atoms with E-state index >= 15 is 0 Å². The summed E-state index contributed by atoms with van der Waals surface area (Å²) in [5.74, 6) is -0.571. The molecule has 2 rings (SSSR count). The molecule has 0 radical (unpaired) electrons. The van der Waals surface area contributed by atoms with Gasteiger partial charge in [-0.1, -0.05) is 11.6 Å². The lowest BCUT2D eigenvalue weighted by atomic mass is 10.1. The molecule has 0 aliphatic rings. The smallest absolute Gasteiger partial charge is 0.352 e. The largest absolute Gasteiger partial charge is 0.493 e. The first-order valence-electron chi connectivity index (χ1n) is 8.72. The van der Waals surface area contributed by atoms with Crippen LogP contribution in [0.25, 0.3) is 6.08 Å². The zero-order valence-corrected chi connectivity index (χ0v) is 19.2. The summed E-state index contributed by atoms with van der Waals surface area (Å²) in [5, 5.41) is 12.4. The molecule has 7 nitrogen and oxygen atoms in total. The minimum atomic E-state index is -1.30. The topological polar surface area (TPSA) is 94.1 Å². The highest BCUT2D eigenvalue weighted by atomic mass is 79.9. The van der Waals surface area contributed by atoms with Gasteiger partial charge in [-0.3, -0.25) is 4.79 Å². The van der Waals surface area contributed by atoms with Gasteiger partial charge in [-0.25, -0.2) is 4.79 Å². The highest BCUT2D eigenvalue weighted by Gasteiger charge is 2.15. The first-order chi connectivity index (χ1) is 14.2. The molecule has 2 N–H and O–H groups in total. The summed E-state index contributed by atoms with van der Waals surface area (Å²) in [6, 6.07) is 6.65. The number of carboxylic acids is 1. The molecule has 0 heterocycles. The molecule has 0 spiro atoms. The maximum Gasteiger partial charge on any atom is 0.352 e. The summed E-state index contributed by atoms with van der Waals surface area (Å²) in [6.45, 7) is 3.30. The van der Waals surface area contributed by atoms with E-state index in [1.165, 1.54) is 20.3 Å². The van der Waals surface area contributed by atoms with Crippen LogP contribution in [0.1, 0.15) is 16.7 Å². The van der Waals surface area contributed by atoms with E-state index in [1.807, 2.05) is 13.8 Å². The summed E-state index contributed by atoms with van der Waals surface area (Å²) >= 11 is 9.46. The van der Waals surface area contributed by atoms with Gasteiger partial charge in [-0.15, -0.1) is 0 Å². The molecule has 0 bridgehead atoms. The van der Waals surface area contributed by atoms with Crippen molar-refractivity contribution in [3.63, 3.8) is 0 Å². The molecule has 160 valence electrons. The van der Waals surface area contributed by atoms with E-state index in [1.54, 1.807) is 24.3 Å². The van der Waals surface area contributed by atoms with Gasteiger partial charge < -0.3 is 24.6 Å². The minimum Gasteiger partial charge on any atom is -0.493 e. The predicted octanol–water partition coefficient (Wildman–Crippen LogP) is 4.36. The van der Waals surface area contributed by atoms with Crippen molar-refractivity contribution in [1.29, 1.82) is 0 Å². The zero-order valence-electron chi connectivity index (χ0n) is 16.8. The van der Waals surface area contributed by atoms with Gasteiger partial charge in [0.25, 0.3) is 5.91 Å². The number of amides is 1. The average Bonchev–Trinajstić information content (AvgIpc) is 2.69. The van der Waals surface area contributed by atoms with E-state index in [2.05, 4.69) is 21.2 Å². The third-order valence-electron chi connectivity index (χ3n) is 4.05. The Kier molecular flexibility index (Phi) is 8.14. The summed E-state index contributed by atoms with van der Waals surface area (Å²) < 4.78 is 16.5. The van der Waals surface area contributed by atoms with E-state index in [4.69, 9.17) is 25.8 Å². The molecule has 0 aliphatic carbocycles. The van der Waals surface area contributed by atoms with Crippen molar-refractivity contribution in [2.45, 2.75) is 13.8 Å². The average molecular weight is 499 g/mol. The molecule has 0 saturated carbocycles. The summed E-state index contributed by atoms with van der Waals surface area (Å²) in [7, 11) is 2.96. The number of ether oxygens (including phenoxy) is 3. The van der Waals surface area contributed by atoms with Crippen LogP contribution in [0, 0.1) is 13.8 Å². The molecule has 0 fully saturated rings. The Hall–Kier alpha value is -2.71. The Morgan fingerprint density at radius 2 is 1.77 bits per heavy atom. The maximum absolute atomic E-state index is 12.2. The fourth-order valence-corrected chi connectivity index (χ4v) is 3.39. The number of nitrogens with one attached hydrogen (secondary N) is 1. The molecule has 0 aromatic heterocycles. The highest BCUT2D eigenvalue weighted by molar-refractivity contribution is 9.10. The number of aryl methyl sites for hydroxylation is 2. The molecular weight excluding hydrogens is 478 g/mol. The number of methoxy groups -OCH3 is 2. The van der Waals surface area contributed by atoms with Crippen molar-refractivity contribution < 1.29 is 28.9 Å².